The maximum atomic E-state index is 13.1. The number of halogens is 1. The van der Waals surface area contributed by atoms with Gasteiger partial charge in [0.15, 0.2) is 0 Å². The predicted octanol–water partition coefficient (Wildman–Crippen LogP) is 3.62. The maximum absolute atomic E-state index is 13.1. The van der Waals surface area contributed by atoms with E-state index in [1.165, 1.54) is 25.0 Å². The number of nitrogens with zero attached hydrogens (tertiary/aromatic N) is 1. The van der Waals surface area contributed by atoms with Gasteiger partial charge in [-0.3, -0.25) is 10.1 Å². The Labute approximate surface area is 126 Å². The number of carbonyl (C=O) groups is 1. The summed E-state index contributed by atoms with van der Waals surface area (Å²) >= 11 is 0. The van der Waals surface area contributed by atoms with Crippen LogP contribution in [0.1, 0.15) is 57.7 Å². The molecule has 21 heavy (non-hydrogen) atoms. The summed E-state index contributed by atoms with van der Waals surface area (Å²) in [4.78, 5) is 14.4. The van der Waals surface area contributed by atoms with E-state index in [0.29, 0.717) is 0 Å². The normalized spacial score (nSPS) is 22.0. The van der Waals surface area contributed by atoms with Gasteiger partial charge in [0.1, 0.15) is 12.0 Å². The van der Waals surface area contributed by atoms with E-state index in [9.17, 15) is 9.18 Å². The topological polar surface area (TPSA) is 32.3 Å². The molecule has 1 aromatic rings. The number of rotatable bonds is 7. The van der Waals surface area contributed by atoms with Crippen molar-refractivity contribution >= 4 is 5.91 Å². The average molecular weight is 292 g/mol. The zero-order valence-electron chi connectivity index (χ0n) is 12.9. The molecule has 0 aliphatic carbocycles. The highest BCUT2D eigenvalue weighted by Gasteiger charge is 2.37. The van der Waals surface area contributed by atoms with E-state index in [-0.39, 0.29) is 23.9 Å². The minimum atomic E-state index is -0.246. The van der Waals surface area contributed by atoms with Crippen LogP contribution in [0, 0.1) is 5.82 Å². The van der Waals surface area contributed by atoms with Crippen molar-refractivity contribution in [2.45, 2.75) is 58.2 Å². The third-order valence-electron chi connectivity index (χ3n) is 4.10. The van der Waals surface area contributed by atoms with Gasteiger partial charge in [0.2, 0.25) is 5.91 Å². The molecule has 1 saturated heterocycles. The first-order chi connectivity index (χ1) is 10.2. The molecule has 1 aliphatic heterocycles. The van der Waals surface area contributed by atoms with Gasteiger partial charge < -0.3 is 4.90 Å². The largest absolute Gasteiger partial charge is 0.322 e. The van der Waals surface area contributed by atoms with Crippen LogP contribution < -0.4 is 5.32 Å². The number of unbranched alkanes of at least 4 members (excludes halogenated alkanes) is 3. The van der Waals surface area contributed by atoms with Crippen molar-refractivity contribution in [1.82, 2.24) is 10.2 Å². The first-order valence-electron chi connectivity index (χ1n) is 7.99. The molecule has 0 spiro atoms. The van der Waals surface area contributed by atoms with Crippen LogP contribution in [0.15, 0.2) is 24.3 Å². The second kappa shape index (κ2) is 7.55. The second-order valence-corrected chi connectivity index (χ2v) is 5.67. The van der Waals surface area contributed by atoms with Crippen LogP contribution in [0.2, 0.25) is 0 Å². The van der Waals surface area contributed by atoms with Crippen molar-refractivity contribution in [2.24, 2.45) is 0 Å². The third-order valence-corrected chi connectivity index (χ3v) is 4.10. The highest BCUT2D eigenvalue weighted by Crippen LogP contribution is 2.27. The predicted molar refractivity (Wildman–Crippen MR) is 82.2 cm³/mol. The van der Waals surface area contributed by atoms with Crippen molar-refractivity contribution < 1.29 is 9.18 Å². The van der Waals surface area contributed by atoms with Crippen LogP contribution in [0.4, 0.5) is 4.39 Å². The van der Waals surface area contributed by atoms with E-state index in [1.807, 2.05) is 11.8 Å². The van der Waals surface area contributed by atoms with E-state index in [4.69, 9.17) is 0 Å². The summed E-state index contributed by atoms with van der Waals surface area (Å²) < 4.78 is 13.1. The molecule has 1 fully saturated rings. The molecule has 116 valence electrons. The lowest BCUT2D eigenvalue weighted by Crippen LogP contribution is -2.31. The monoisotopic (exact) mass is 292 g/mol. The molecule has 1 heterocycles. The summed E-state index contributed by atoms with van der Waals surface area (Å²) in [5.41, 5.74) is 0.955. The summed E-state index contributed by atoms with van der Waals surface area (Å²) in [6.07, 6.45) is 5.22. The van der Waals surface area contributed by atoms with Crippen molar-refractivity contribution in [3.05, 3.63) is 35.6 Å². The molecule has 0 saturated carbocycles. The lowest BCUT2D eigenvalue weighted by molar-refractivity contribution is -0.130. The van der Waals surface area contributed by atoms with Crippen LogP contribution in [0.25, 0.3) is 0 Å². The molecule has 0 bridgehead atoms. The first-order valence-corrected chi connectivity index (χ1v) is 7.99. The molecule has 3 nitrogen and oxygen atoms in total. The smallest absolute Gasteiger partial charge is 0.241 e. The SMILES string of the molecule is CCCCCCN1C(=O)C(CC)NC1c1ccc(F)cc1. The number of hydrogen-bond donors (Lipinski definition) is 1. The molecule has 2 rings (SSSR count). The molecule has 2 atom stereocenters. The van der Waals surface area contributed by atoms with Gasteiger partial charge in [-0.15, -0.1) is 0 Å². The van der Waals surface area contributed by atoms with Crippen LogP contribution in [0.5, 0.6) is 0 Å². The fourth-order valence-electron chi connectivity index (χ4n) is 2.84. The molecular weight excluding hydrogens is 267 g/mol. The maximum Gasteiger partial charge on any atom is 0.241 e. The van der Waals surface area contributed by atoms with Crippen molar-refractivity contribution in [3.8, 4) is 0 Å². The van der Waals surface area contributed by atoms with Gasteiger partial charge in [0.25, 0.3) is 0 Å². The molecule has 1 aliphatic rings. The summed E-state index contributed by atoms with van der Waals surface area (Å²) in [5.74, 6) is -0.0760. The van der Waals surface area contributed by atoms with E-state index in [0.717, 1.165) is 31.4 Å². The van der Waals surface area contributed by atoms with Crippen molar-refractivity contribution in [2.75, 3.05) is 6.54 Å². The van der Waals surface area contributed by atoms with Crippen LogP contribution in [-0.4, -0.2) is 23.4 Å². The zero-order valence-corrected chi connectivity index (χ0v) is 12.9. The molecular formula is C17H25FN2O. The van der Waals surface area contributed by atoms with Gasteiger partial charge in [-0.2, -0.15) is 0 Å². The Morgan fingerprint density at radius 2 is 1.86 bits per heavy atom. The minimum Gasteiger partial charge on any atom is -0.322 e. The number of carbonyl (C=O) groups excluding carboxylic acids is 1. The quantitative estimate of drug-likeness (QED) is 0.779. The van der Waals surface area contributed by atoms with Gasteiger partial charge in [0.05, 0.1) is 6.04 Å². The van der Waals surface area contributed by atoms with Gasteiger partial charge >= 0.3 is 0 Å². The van der Waals surface area contributed by atoms with E-state index in [2.05, 4.69) is 12.2 Å². The van der Waals surface area contributed by atoms with Gasteiger partial charge in [-0.1, -0.05) is 45.2 Å². The summed E-state index contributed by atoms with van der Waals surface area (Å²) in [7, 11) is 0. The van der Waals surface area contributed by atoms with Crippen LogP contribution >= 0.6 is 0 Å². The van der Waals surface area contributed by atoms with E-state index in [1.54, 1.807) is 12.1 Å². The lowest BCUT2D eigenvalue weighted by atomic mass is 10.1. The summed E-state index contributed by atoms with van der Waals surface area (Å²) in [6, 6.07) is 6.31. The summed E-state index contributed by atoms with van der Waals surface area (Å²) in [5, 5.41) is 3.37. The third kappa shape index (κ3) is 3.82. The molecule has 4 heteroatoms. The van der Waals surface area contributed by atoms with Gasteiger partial charge in [-0.25, -0.2) is 4.39 Å². The van der Waals surface area contributed by atoms with Crippen LogP contribution in [-0.2, 0) is 4.79 Å². The Morgan fingerprint density at radius 3 is 2.48 bits per heavy atom. The van der Waals surface area contributed by atoms with Crippen molar-refractivity contribution in [1.29, 1.82) is 0 Å². The van der Waals surface area contributed by atoms with Gasteiger partial charge in [-0.05, 0) is 30.5 Å². The number of nitrogens with one attached hydrogen (secondary N) is 1. The van der Waals surface area contributed by atoms with Gasteiger partial charge in [0, 0.05) is 6.54 Å². The Bertz CT molecular complexity index is 460. The van der Waals surface area contributed by atoms with E-state index < -0.39 is 0 Å². The Balaban J connectivity index is 2.08. The second-order valence-electron chi connectivity index (χ2n) is 5.67. The highest BCUT2D eigenvalue weighted by atomic mass is 19.1. The van der Waals surface area contributed by atoms with E-state index >= 15 is 0 Å². The standard InChI is InChI=1S/C17H25FN2O/c1-3-5-6-7-12-20-16(19-15(4-2)17(20)21)13-8-10-14(18)11-9-13/h8-11,15-16,19H,3-7,12H2,1-2H3. The molecule has 0 radical (unpaired) electrons. The molecule has 0 aromatic heterocycles. The van der Waals surface area contributed by atoms with Crippen LogP contribution in [0.3, 0.4) is 0 Å². The number of hydrogen-bond acceptors (Lipinski definition) is 2. The Kier molecular flexibility index (Phi) is 5.74. The molecule has 1 aromatic carbocycles. The Hall–Kier alpha value is -1.42. The number of benzene rings is 1. The number of amides is 1. The molecule has 1 N–H and O–H groups in total. The Morgan fingerprint density at radius 1 is 1.14 bits per heavy atom. The zero-order chi connectivity index (χ0) is 15.2. The fraction of sp³-hybridized carbons (Fsp3) is 0.588. The fourth-order valence-corrected chi connectivity index (χ4v) is 2.84. The molecule has 1 amide bonds. The lowest BCUT2D eigenvalue weighted by Gasteiger charge is -2.24. The highest BCUT2D eigenvalue weighted by molar-refractivity contribution is 5.84. The van der Waals surface area contributed by atoms with Crippen molar-refractivity contribution in [3.63, 3.8) is 0 Å². The summed E-state index contributed by atoms with van der Waals surface area (Å²) in [6.45, 7) is 4.96. The first kappa shape index (κ1) is 16.0. The molecule has 2 unspecified atom stereocenters. The average Bonchev–Trinajstić information content (AvgIpc) is 2.81. The minimum absolute atomic E-state index is 0.119.